The van der Waals surface area contributed by atoms with E-state index in [0.717, 1.165) is 6.42 Å². The molecule has 2 aliphatic rings. The largest absolute Gasteiger partial charge is 0.394 e. The monoisotopic (exact) mass is 232 g/mol. The maximum atomic E-state index is 12.2. The first-order valence-corrected chi connectivity index (χ1v) is 5.63. The number of rotatable bonds is 2. The molecule has 1 saturated carbocycles. The first-order valence-electron chi connectivity index (χ1n) is 5.63. The van der Waals surface area contributed by atoms with Gasteiger partial charge in [-0.15, -0.1) is 0 Å². The van der Waals surface area contributed by atoms with Crippen molar-refractivity contribution in [2.24, 2.45) is 0 Å². The summed E-state index contributed by atoms with van der Waals surface area (Å²) in [7, 11) is 0. The van der Waals surface area contributed by atoms with E-state index in [9.17, 15) is 14.7 Å². The first kappa shape index (κ1) is 10.4. The second-order valence-corrected chi connectivity index (χ2v) is 4.60. The molecule has 0 bridgehead atoms. The van der Waals surface area contributed by atoms with Gasteiger partial charge >= 0.3 is 0 Å². The number of amides is 2. The lowest BCUT2D eigenvalue weighted by Gasteiger charge is -2.46. The fourth-order valence-electron chi connectivity index (χ4n) is 2.55. The van der Waals surface area contributed by atoms with Gasteiger partial charge in [0.25, 0.3) is 11.8 Å². The molecule has 0 aromatic carbocycles. The Labute approximate surface area is 98.1 Å². The predicted octanol–water partition coefficient (Wildman–Crippen LogP) is 0.593. The molecule has 2 amide bonds. The summed E-state index contributed by atoms with van der Waals surface area (Å²) in [6.45, 7) is -0.161. The molecule has 1 aromatic rings. The SMILES string of the molecule is O=C1c2ccncc2C(=O)N1C1(CO)CCC1. The van der Waals surface area contributed by atoms with Crippen molar-refractivity contribution in [2.45, 2.75) is 24.8 Å². The standard InChI is InChI=1S/C12H12N2O3/c15-7-12(3-1-4-12)14-10(16)8-2-5-13-6-9(8)11(14)17/h2,5-6,15H,1,3-4,7H2. The Morgan fingerprint density at radius 3 is 2.53 bits per heavy atom. The normalized spacial score (nSPS) is 21.4. The average Bonchev–Trinajstić information content (AvgIpc) is 2.55. The van der Waals surface area contributed by atoms with E-state index in [1.165, 1.54) is 17.3 Å². The Bertz CT molecular complexity index is 468. The van der Waals surface area contributed by atoms with Crippen molar-refractivity contribution in [2.75, 3.05) is 6.61 Å². The molecule has 1 aromatic heterocycles. The Balaban J connectivity index is 2.06. The third-order valence-electron chi connectivity index (χ3n) is 3.74. The van der Waals surface area contributed by atoms with Crippen LogP contribution in [0.3, 0.4) is 0 Å². The lowest BCUT2D eigenvalue weighted by Crippen LogP contribution is -2.58. The second-order valence-electron chi connectivity index (χ2n) is 4.60. The number of hydrogen-bond donors (Lipinski definition) is 1. The van der Waals surface area contributed by atoms with Crippen LogP contribution in [0.4, 0.5) is 0 Å². The molecule has 1 aliphatic heterocycles. The number of pyridine rings is 1. The van der Waals surface area contributed by atoms with Gasteiger partial charge in [-0.05, 0) is 25.3 Å². The highest BCUT2D eigenvalue weighted by atomic mass is 16.3. The molecule has 2 heterocycles. The molecule has 1 fully saturated rings. The summed E-state index contributed by atoms with van der Waals surface area (Å²) in [5.41, 5.74) is 0.0645. The van der Waals surface area contributed by atoms with E-state index in [1.54, 1.807) is 6.07 Å². The van der Waals surface area contributed by atoms with E-state index in [-0.39, 0.29) is 18.4 Å². The summed E-state index contributed by atoms with van der Waals surface area (Å²) in [5, 5.41) is 9.45. The van der Waals surface area contributed by atoms with E-state index in [2.05, 4.69) is 4.98 Å². The molecule has 1 aliphatic carbocycles. The summed E-state index contributed by atoms with van der Waals surface area (Å²) in [6, 6.07) is 1.55. The van der Waals surface area contributed by atoms with E-state index in [4.69, 9.17) is 0 Å². The number of carbonyl (C=O) groups is 2. The minimum Gasteiger partial charge on any atom is -0.394 e. The summed E-state index contributed by atoms with van der Waals surface area (Å²) >= 11 is 0. The van der Waals surface area contributed by atoms with Crippen molar-refractivity contribution in [1.82, 2.24) is 9.88 Å². The average molecular weight is 232 g/mol. The van der Waals surface area contributed by atoms with Gasteiger partial charge in [-0.25, -0.2) is 0 Å². The highest BCUT2D eigenvalue weighted by Crippen LogP contribution is 2.41. The quantitative estimate of drug-likeness (QED) is 0.758. The number of aromatic nitrogens is 1. The third kappa shape index (κ3) is 1.20. The third-order valence-corrected chi connectivity index (χ3v) is 3.74. The molecule has 17 heavy (non-hydrogen) atoms. The van der Waals surface area contributed by atoms with Crippen molar-refractivity contribution in [1.29, 1.82) is 0 Å². The van der Waals surface area contributed by atoms with Crippen LogP contribution >= 0.6 is 0 Å². The molecule has 0 spiro atoms. The van der Waals surface area contributed by atoms with Crippen molar-refractivity contribution in [3.8, 4) is 0 Å². The van der Waals surface area contributed by atoms with Crippen LogP contribution in [-0.4, -0.2) is 39.0 Å². The van der Waals surface area contributed by atoms with E-state index >= 15 is 0 Å². The van der Waals surface area contributed by atoms with Crippen LogP contribution in [0.25, 0.3) is 0 Å². The molecule has 3 rings (SSSR count). The Morgan fingerprint density at radius 1 is 1.29 bits per heavy atom. The minimum atomic E-state index is -0.673. The van der Waals surface area contributed by atoms with Crippen LogP contribution in [0, 0.1) is 0 Å². The van der Waals surface area contributed by atoms with Crippen molar-refractivity contribution in [3.63, 3.8) is 0 Å². The van der Waals surface area contributed by atoms with Gasteiger partial charge in [0.15, 0.2) is 0 Å². The zero-order chi connectivity index (χ0) is 12.0. The number of hydrogen-bond acceptors (Lipinski definition) is 4. The van der Waals surface area contributed by atoms with Gasteiger partial charge in [-0.2, -0.15) is 0 Å². The Morgan fingerprint density at radius 2 is 2.00 bits per heavy atom. The molecule has 5 heteroatoms. The number of imide groups is 1. The number of nitrogens with zero attached hydrogens (tertiary/aromatic N) is 2. The maximum absolute atomic E-state index is 12.2. The van der Waals surface area contributed by atoms with Gasteiger partial charge in [-0.3, -0.25) is 19.5 Å². The van der Waals surface area contributed by atoms with Crippen LogP contribution in [0.15, 0.2) is 18.5 Å². The summed E-state index contributed by atoms with van der Waals surface area (Å²) in [6.07, 6.45) is 5.22. The highest BCUT2D eigenvalue weighted by Gasteiger charge is 2.51. The van der Waals surface area contributed by atoms with Gasteiger partial charge in [-0.1, -0.05) is 0 Å². The van der Waals surface area contributed by atoms with Crippen LogP contribution in [0.5, 0.6) is 0 Å². The molecular formula is C12H12N2O3. The molecule has 5 nitrogen and oxygen atoms in total. The molecule has 0 saturated heterocycles. The van der Waals surface area contributed by atoms with Gasteiger partial charge in [0.1, 0.15) is 0 Å². The zero-order valence-electron chi connectivity index (χ0n) is 9.22. The fraction of sp³-hybridized carbons (Fsp3) is 0.417. The lowest BCUT2D eigenvalue weighted by atomic mass is 9.76. The van der Waals surface area contributed by atoms with Crippen LogP contribution < -0.4 is 0 Å². The Hall–Kier alpha value is -1.75. The number of fused-ring (bicyclic) bond motifs is 1. The van der Waals surface area contributed by atoms with Crippen molar-refractivity contribution < 1.29 is 14.7 Å². The number of aliphatic hydroxyl groups excluding tert-OH is 1. The Kier molecular flexibility index (Phi) is 2.06. The van der Waals surface area contributed by atoms with Gasteiger partial charge in [0, 0.05) is 12.4 Å². The van der Waals surface area contributed by atoms with Crippen LogP contribution in [-0.2, 0) is 0 Å². The maximum Gasteiger partial charge on any atom is 0.263 e. The molecule has 88 valence electrons. The van der Waals surface area contributed by atoms with E-state index < -0.39 is 5.54 Å². The van der Waals surface area contributed by atoms with E-state index in [1.807, 2.05) is 0 Å². The lowest BCUT2D eigenvalue weighted by molar-refractivity contribution is -0.00643. The van der Waals surface area contributed by atoms with Crippen molar-refractivity contribution >= 4 is 11.8 Å². The van der Waals surface area contributed by atoms with Crippen LogP contribution in [0.1, 0.15) is 40.0 Å². The highest BCUT2D eigenvalue weighted by molar-refractivity contribution is 6.21. The smallest absolute Gasteiger partial charge is 0.263 e. The van der Waals surface area contributed by atoms with Gasteiger partial charge in [0.05, 0.1) is 23.3 Å². The number of aliphatic hydroxyl groups is 1. The van der Waals surface area contributed by atoms with Gasteiger partial charge in [0.2, 0.25) is 0 Å². The molecule has 1 N–H and O–H groups in total. The topological polar surface area (TPSA) is 70.5 Å². The molecular weight excluding hydrogens is 220 g/mol. The number of carbonyl (C=O) groups excluding carboxylic acids is 2. The van der Waals surface area contributed by atoms with Gasteiger partial charge < -0.3 is 5.11 Å². The fourth-order valence-corrected chi connectivity index (χ4v) is 2.55. The van der Waals surface area contributed by atoms with E-state index in [0.29, 0.717) is 24.0 Å². The summed E-state index contributed by atoms with van der Waals surface area (Å²) in [5.74, 6) is -0.631. The molecule has 0 atom stereocenters. The molecule has 0 radical (unpaired) electrons. The second kappa shape index (κ2) is 3.37. The van der Waals surface area contributed by atoms with Crippen molar-refractivity contribution in [3.05, 3.63) is 29.6 Å². The summed E-state index contributed by atoms with van der Waals surface area (Å²) < 4.78 is 0. The van der Waals surface area contributed by atoms with Crippen LogP contribution in [0.2, 0.25) is 0 Å². The summed E-state index contributed by atoms with van der Waals surface area (Å²) in [4.78, 5) is 29.4. The predicted molar refractivity (Wildman–Crippen MR) is 58.4 cm³/mol. The molecule has 0 unspecified atom stereocenters. The minimum absolute atomic E-state index is 0.161. The zero-order valence-corrected chi connectivity index (χ0v) is 9.22. The first-order chi connectivity index (χ1) is 8.19.